The Morgan fingerprint density at radius 1 is 1.38 bits per heavy atom. The molecule has 0 aliphatic heterocycles. The van der Waals surface area contributed by atoms with Crippen LogP contribution in [-0.2, 0) is 0 Å². The van der Waals surface area contributed by atoms with Crippen LogP contribution in [0.5, 0.6) is 5.75 Å². The van der Waals surface area contributed by atoms with Crippen LogP contribution in [0.15, 0.2) is 30.4 Å². The SMILES string of the molecule is C=C(C)COc1c(Cl)cccc1Cl. The van der Waals surface area contributed by atoms with Crippen LogP contribution in [-0.4, -0.2) is 6.61 Å². The van der Waals surface area contributed by atoms with E-state index in [0.717, 1.165) is 5.57 Å². The normalized spacial score (nSPS) is 9.77. The first kappa shape index (κ1) is 10.4. The Bertz CT molecular complexity index is 300. The smallest absolute Gasteiger partial charge is 0.156 e. The molecule has 0 bridgehead atoms. The molecule has 0 spiro atoms. The summed E-state index contributed by atoms with van der Waals surface area (Å²) in [6, 6.07) is 5.25. The molecule has 0 radical (unpaired) electrons. The van der Waals surface area contributed by atoms with Crippen LogP contribution in [0.2, 0.25) is 10.0 Å². The van der Waals surface area contributed by atoms with E-state index >= 15 is 0 Å². The third-order valence-corrected chi connectivity index (χ3v) is 1.98. The van der Waals surface area contributed by atoms with Crippen molar-refractivity contribution < 1.29 is 4.74 Å². The number of rotatable bonds is 3. The number of hydrogen-bond donors (Lipinski definition) is 0. The van der Waals surface area contributed by atoms with E-state index in [1.54, 1.807) is 18.2 Å². The lowest BCUT2D eigenvalue weighted by atomic mass is 10.3. The van der Waals surface area contributed by atoms with E-state index in [2.05, 4.69) is 6.58 Å². The van der Waals surface area contributed by atoms with Gasteiger partial charge in [0, 0.05) is 0 Å². The van der Waals surface area contributed by atoms with Gasteiger partial charge >= 0.3 is 0 Å². The minimum Gasteiger partial charge on any atom is -0.486 e. The Balaban J connectivity index is 2.81. The summed E-state index contributed by atoms with van der Waals surface area (Å²) in [6.45, 7) is 6.03. The maximum absolute atomic E-state index is 5.87. The van der Waals surface area contributed by atoms with Crippen LogP contribution in [0.4, 0.5) is 0 Å². The summed E-state index contributed by atoms with van der Waals surface area (Å²) in [5.74, 6) is 0.522. The maximum atomic E-state index is 5.87. The molecule has 0 aliphatic carbocycles. The molecule has 0 saturated carbocycles. The standard InChI is InChI=1S/C10H10Cl2O/c1-7(2)6-13-10-8(11)4-3-5-9(10)12/h3-5H,1,6H2,2H3. The van der Waals surface area contributed by atoms with Gasteiger partial charge in [-0.05, 0) is 24.6 Å². The predicted octanol–water partition coefficient (Wildman–Crippen LogP) is 3.95. The summed E-state index contributed by atoms with van der Waals surface area (Å²) in [5, 5.41) is 1.04. The van der Waals surface area contributed by atoms with Crippen molar-refractivity contribution in [3.8, 4) is 5.75 Å². The first-order chi connectivity index (χ1) is 6.11. The summed E-state index contributed by atoms with van der Waals surface area (Å²) < 4.78 is 5.37. The Morgan fingerprint density at radius 3 is 2.38 bits per heavy atom. The van der Waals surface area contributed by atoms with E-state index in [1.807, 2.05) is 6.92 Å². The lowest BCUT2D eigenvalue weighted by Crippen LogP contribution is -1.98. The van der Waals surface area contributed by atoms with Crippen molar-refractivity contribution in [3.05, 3.63) is 40.4 Å². The highest BCUT2D eigenvalue weighted by molar-refractivity contribution is 6.37. The Labute approximate surface area is 87.9 Å². The quantitative estimate of drug-likeness (QED) is 0.696. The molecule has 13 heavy (non-hydrogen) atoms. The highest BCUT2D eigenvalue weighted by atomic mass is 35.5. The molecule has 0 unspecified atom stereocenters. The zero-order valence-electron chi connectivity index (χ0n) is 7.31. The van der Waals surface area contributed by atoms with Crippen LogP contribution >= 0.6 is 23.2 Å². The molecule has 1 aromatic rings. The average Bonchev–Trinajstić information content (AvgIpc) is 2.03. The molecular formula is C10H10Cl2O. The number of halogens is 2. The van der Waals surface area contributed by atoms with Gasteiger partial charge in [-0.2, -0.15) is 0 Å². The molecule has 0 N–H and O–H groups in total. The molecule has 1 nitrogen and oxygen atoms in total. The third-order valence-electron chi connectivity index (χ3n) is 1.38. The third kappa shape index (κ3) is 2.94. The number of benzene rings is 1. The molecule has 0 atom stereocenters. The number of para-hydroxylation sites is 1. The fourth-order valence-corrected chi connectivity index (χ4v) is 1.32. The van der Waals surface area contributed by atoms with Gasteiger partial charge in [-0.25, -0.2) is 0 Å². The molecule has 1 rings (SSSR count). The van der Waals surface area contributed by atoms with Crippen molar-refractivity contribution in [3.63, 3.8) is 0 Å². The molecule has 0 aliphatic rings. The van der Waals surface area contributed by atoms with E-state index in [4.69, 9.17) is 27.9 Å². The second-order valence-electron chi connectivity index (χ2n) is 2.80. The predicted molar refractivity (Wildman–Crippen MR) is 56.8 cm³/mol. The first-order valence-electron chi connectivity index (χ1n) is 3.82. The van der Waals surface area contributed by atoms with Gasteiger partial charge in [0.25, 0.3) is 0 Å². The van der Waals surface area contributed by atoms with Crippen LogP contribution < -0.4 is 4.74 Å². The van der Waals surface area contributed by atoms with E-state index in [1.165, 1.54) is 0 Å². The molecular weight excluding hydrogens is 207 g/mol. The topological polar surface area (TPSA) is 9.23 Å². The highest BCUT2D eigenvalue weighted by Gasteiger charge is 2.05. The van der Waals surface area contributed by atoms with Crippen molar-refractivity contribution in [2.24, 2.45) is 0 Å². The second kappa shape index (κ2) is 4.54. The van der Waals surface area contributed by atoms with Crippen LogP contribution in [0.3, 0.4) is 0 Å². The van der Waals surface area contributed by atoms with Crippen molar-refractivity contribution in [2.75, 3.05) is 6.61 Å². The van der Waals surface area contributed by atoms with Crippen molar-refractivity contribution >= 4 is 23.2 Å². The van der Waals surface area contributed by atoms with E-state index < -0.39 is 0 Å². The van der Waals surface area contributed by atoms with Gasteiger partial charge in [-0.15, -0.1) is 0 Å². The lowest BCUT2D eigenvalue weighted by molar-refractivity contribution is 0.353. The van der Waals surface area contributed by atoms with Crippen LogP contribution in [0.1, 0.15) is 6.92 Å². The number of hydrogen-bond acceptors (Lipinski definition) is 1. The second-order valence-corrected chi connectivity index (χ2v) is 3.61. The van der Waals surface area contributed by atoms with E-state index in [9.17, 15) is 0 Å². The highest BCUT2D eigenvalue weighted by Crippen LogP contribution is 2.32. The van der Waals surface area contributed by atoms with Crippen molar-refractivity contribution in [1.82, 2.24) is 0 Å². The largest absolute Gasteiger partial charge is 0.486 e. The number of ether oxygens (including phenoxy) is 1. The van der Waals surface area contributed by atoms with Gasteiger partial charge < -0.3 is 4.74 Å². The Morgan fingerprint density at radius 2 is 1.92 bits per heavy atom. The minimum atomic E-state index is 0.434. The molecule has 0 heterocycles. The van der Waals surface area contributed by atoms with Gasteiger partial charge in [-0.1, -0.05) is 35.8 Å². The minimum absolute atomic E-state index is 0.434. The maximum Gasteiger partial charge on any atom is 0.156 e. The van der Waals surface area contributed by atoms with Crippen molar-refractivity contribution in [1.29, 1.82) is 0 Å². The van der Waals surface area contributed by atoms with E-state index in [-0.39, 0.29) is 0 Å². The molecule has 0 fully saturated rings. The summed E-state index contributed by atoms with van der Waals surface area (Å²) in [5.41, 5.74) is 0.927. The summed E-state index contributed by atoms with van der Waals surface area (Å²) in [4.78, 5) is 0. The fraction of sp³-hybridized carbons (Fsp3) is 0.200. The van der Waals surface area contributed by atoms with Gasteiger partial charge in [0.05, 0.1) is 10.0 Å². The molecule has 70 valence electrons. The zero-order valence-corrected chi connectivity index (χ0v) is 8.82. The molecule has 0 aromatic heterocycles. The molecule has 0 saturated heterocycles. The average molecular weight is 217 g/mol. The fourth-order valence-electron chi connectivity index (χ4n) is 0.816. The van der Waals surface area contributed by atoms with Gasteiger partial charge in [0.15, 0.2) is 5.75 Å². The van der Waals surface area contributed by atoms with Gasteiger partial charge in [-0.3, -0.25) is 0 Å². The molecule has 0 amide bonds. The van der Waals surface area contributed by atoms with E-state index in [0.29, 0.717) is 22.4 Å². The summed E-state index contributed by atoms with van der Waals surface area (Å²) >= 11 is 11.7. The Kier molecular flexibility index (Phi) is 3.64. The lowest BCUT2D eigenvalue weighted by Gasteiger charge is -2.08. The molecule has 1 aromatic carbocycles. The van der Waals surface area contributed by atoms with Crippen LogP contribution in [0, 0.1) is 0 Å². The van der Waals surface area contributed by atoms with Crippen LogP contribution in [0.25, 0.3) is 0 Å². The summed E-state index contributed by atoms with van der Waals surface area (Å²) in [6.07, 6.45) is 0. The first-order valence-corrected chi connectivity index (χ1v) is 4.58. The monoisotopic (exact) mass is 216 g/mol. The van der Waals surface area contributed by atoms with Gasteiger partial charge in [0.1, 0.15) is 6.61 Å². The molecule has 3 heteroatoms. The zero-order chi connectivity index (χ0) is 9.84. The Hall–Kier alpha value is -0.660. The summed E-state index contributed by atoms with van der Waals surface area (Å²) in [7, 11) is 0. The van der Waals surface area contributed by atoms with Gasteiger partial charge in [0.2, 0.25) is 0 Å². The van der Waals surface area contributed by atoms with Crippen molar-refractivity contribution in [2.45, 2.75) is 6.92 Å².